The van der Waals surface area contributed by atoms with Gasteiger partial charge in [0.1, 0.15) is 0 Å². The third-order valence-corrected chi connectivity index (χ3v) is 2.92. The summed E-state index contributed by atoms with van der Waals surface area (Å²) in [5, 5.41) is 12.0. The molecule has 20 heavy (non-hydrogen) atoms. The highest BCUT2D eigenvalue weighted by Gasteiger charge is 2.00. The largest absolute Gasteiger partial charge is 0.383 e. The van der Waals surface area contributed by atoms with Crippen molar-refractivity contribution < 1.29 is 4.74 Å². The van der Waals surface area contributed by atoms with E-state index < -0.39 is 0 Å². The third kappa shape index (κ3) is 4.19. The Balaban J connectivity index is 1.87. The second-order valence-corrected chi connectivity index (χ2v) is 4.52. The van der Waals surface area contributed by atoms with E-state index in [-0.39, 0.29) is 0 Å². The number of benzene rings is 1. The SMILES string of the molecule is COCCNCc1cn(Cc2ccc(C#N)cc2)cn1. The number of hydrogen-bond acceptors (Lipinski definition) is 4. The average Bonchev–Trinajstić information content (AvgIpc) is 2.92. The Kier molecular flexibility index (Phi) is 5.30. The third-order valence-electron chi connectivity index (χ3n) is 2.92. The van der Waals surface area contributed by atoms with Gasteiger partial charge in [-0.15, -0.1) is 0 Å². The van der Waals surface area contributed by atoms with E-state index in [1.54, 1.807) is 7.11 Å². The summed E-state index contributed by atoms with van der Waals surface area (Å²) in [6, 6.07) is 9.72. The van der Waals surface area contributed by atoms with E-state index in [1.807, 2.05) is 41.4 Å². The van der Waals surface area contributed by atoms with E-state index in [0.717, 1.165) is 30.9 Å². The molecule has 5 nitrogen and oxygen atoms in total. The minimum atomic E-state index is 0.683. The van der Waals surface area contributed by atoms with Gasteiger partial charge in [-0.1, -0.05) is 12.1 Å². The lowest BCUT2D eigenvalue weighted by Gasteiger charge is -2.02. The van der Waals surface area contributed by atoms with Gasteiger partial charge in [-0.05, 0) is 17.7 Å². The normalized spacial score (nSPS) is 10.4. The predicted octanol–water partition coefficient (Wildman–Crippen LogP) is 1.54. The second-order valence-electron chi connectivity index (χ2n) is 4.52. The Labute approximate surface area is 118 Å². The van der Waals surface area contributed by atoms with Crippen LogP contribution in [0.1, 0.15) is 16.8 Å². The number of ether oxygens (including phenoxy) is 1. The van der Waals surface area contributed by atoms with Crippen molar-refractivity contribution in [3.8, 4) is 6.07 Å². The summed E-state index contributed by atoms with van der Waals surface area (Å²) in [6.45, 7) is 3.02. The van der Waals surface area contributed by atoms with E-state index in [1.165, 1.54) is 0 Å². The van der Waals surface area contributed by atoms with Crippen molar-refractivity contribution in [1.82, 2.24) is 14.9 Å². The van der Waals surface area contributed by atoms with E-state index in [0.29, 0.717) is 12.2 Å². The molecule has 1 N–H and O–H groups in total. The van der Waals surface area contributed by atoms with Crippen LogP contribution in [0, 0.1) is 11.3 Å². The van der Waals surface area contributed by atoms with Crippen molar-refractivity contribution in [2.24, 2.45) is 0 Å². The summed E-state index contributed by atoms with van der Waals surface area (Å²) < 4.78 is 7.01. The van der Waals surface area contributed by atoms with Crippen LogP contribution in [0.25, 0.3) is 0 Å². The molecule has 0 saturated carbocycles. The zero-order valence-electron chi connectivity index (χ0n) is 11.5. The maximum absolute atomic E-state index is 8.76. The first-order chi connectivity index (χ1) is 9.81. The van der Waals surface area contributed by atoms with Crippen LogP contribution in [0.15, 0.2) is 36.8 Å². The summed E-state index contributed by atoms with van der Waals surface area (Å²) in [6.07, 6.45) is 3.85. The lowest BCUT2D eigenvalue weighted by molar-refractivity contribution is 0.199. The van der Waals surface area contributed by atoms with Gasteiger partial charge in [-0.3, -0.25) is 0 Å². The summed E-state index contributed by atoms with van der Waals surface area (Å²) in [4.78, 5) is 4.35. The maximum Gasteiger partial charge on any atom is 0.0991 e. The Morgan fingerprint density at radius 2 is 2.15 bits per heavy atom. The van der Waals surface area contributed by atoms with Crippen molar-refractivity contribution in [3.05, 3.63) is 53.6 Å². The van der Waals surface area contributed by atoms with Crippen molar-refractivity contribution in [2.45, 2.75) is 13.1 Å². The number of rotatable bonds is 7. The molecular formula is C15H18N4O. The molecule has 0 saturated heterocycles. The number of methoxy groups -OCH3 is 1. The number of nitrogens with one attached hydrogen (secondary N) is 1. The topological polar surface area (TPSA) is 62.9 Å². The Morgan fingerprint density at radius 1 is 1.35 bits per heavy atom. The lowest BCUT2D eigenvalue weighted by atomic mass is 10.1. The highest BCUT2D eigenvalue weighted by Crippen LogP contribution is 2.06. The van der Waals surface area contributed by atoms with Crippen LogP contribution in [-0.2, 0) is 17.8 Å². The fourth-order valence-corrected chi connectivity index (χ4v) is 1.87. The van der Waals surface area contributed by atoms with Crippen molar-refractivity contribution in [3.63, 3.8) is 0 Å². The van der Waals surface area contributed by atoms with E-state index >= 15 is 0 Å². The van der Waals surface area contributed by atoms with Gasteiger partial charge >= 0.3 is 0 Å². The molecule has 0 aliphatic heterocycles. The van der Waals surface area contributed by atoms with Gasteiger partial charge in [-0.25, -0.2) is 4.98 Å². The van der Waals surface area contributed by atoms with E-state index in [2.05, 4.69) is 16.4 Å². The smallest absolute Gasteiger partial charge is 0.0991 e. The van der Waals surface area contributed by atoms with Gasteiger partial charge in [0.05, 0.1) is 30.3 Å². The van der Waals surface area contributed by atoms with Gasteiger partial charge in [0.15, 0.2) is 0 Å². The predicted molar refractivity (Wildman–Crippen MR) is 76.1 cm³/mol. The molecule has 0 aliphatic rings. The van der Waals surface area contributed by atoms with Gasteiger partial charge in [0.25, 0.3) is 0 Å². The molecule has 0 amide bonds. The molecule has 1 aromatic carbocycles. The van der Waals surface area contributed by atoms with Gasteiger partial charge < -0.3 is 14.6 Å². The Morgan fingerprint density at radius 3 is 2.85 bits per heavy atom. The van der Waals surface area contributed by atoms with Crippen molar-refractivity contribution in [2.75, 3.05) is 20.3 Å². The monoisotopic (exact) mass is 270 g/mol. The number of nitriles is 1. The Bertz CT molecular complexity index is 568. The zero-order valence-corrected chi connectivity index (χ0v) is 11.5. The first-order valence-electron chi connectivity index (χ1n) is 6.51. The molecule has 104 valence electrons. The Hall–Kier alpha value is -2.16. The molecule has 0 aliphatic carbocycles. The van der Waals surface area contributed by atoms with Crippen LogP contribution in [0.2, 0.25) is 0 Å². The minimum absolute atomic E-state index is 0.683. The summed E-state index contributed by atoms with van der Waals surface area (Å²) >= 11 is 0. The molecule has 0 spiro atoms. The fraction of sp³-hybridized carbons (Fsp3) is 0.333. The van der Waals surface area contributed by atoms with E-state index in [4.69, 9.17) is 10.00 Å². The molecule has 1 heterocycles. The zero-order chi connectivity index (χ0) is 14.2. The van der Waals surface area contributed by atoms with Crippen LogP contribution in [0.3, 0.4) is 0 Å². The van der Waals surface area contributed by atoms with Crippen LogP contribution >= 0.6 is 0 Å². The number of imidazole rings is 1. The van der Waals surface area contributed by atoms with Crippen LogP contribution in [0.5, 0.6) is 0 Å². The van der Waals surface area contributed by atoms with Crippen LogP contribution in [-0.4, -0.2) is 29.8 Å². The second kappa shape index (κ2) is 7.43. The quantitative estimate of drug-likeness (QED) is 0.775. The van der Waals surface area contributed by atoms with Crippen LogP contribution in [0.4, 0.5) is 0 Å². The molecule has 0 atom stereocenters. The first kappa shape index (κ1) is 14.3. The lowest BCUT2D eigenvalue weighted by Crippen LogP contribution is -2.18. The van der Waals surface area contributed by atoms with Gasteiger partial charge in [0.2, 0.25) is 0 Å². The molecule has 0 radical (unpaired) electrons. The minimum Gasteiger partial charge on any atom is -0.383 e. The summed E-state index contributed by atoms with van der Waals surface area (Å²) in [5.41, 5.74) is 2.84. The number of aromatic nitrogens is 2. The van der Waals surface area contributed by atoms with Gasteiger partial charge in [0, 0.05) is 32.9 Å². The molecule has 0 unspecified atom stereocenters. The number of nitrogens with zero attached hydrogens (tertiary/aromatic N) is 3. The van der Waals surface area contributed by atoms with Crippen molar-refractivity contribution >= 4 is 0 Å². The molecule has 5 heteroatoms. The molecule has 2 aromatic rings. The molecule has 1 aromatic heterocycles. The van der Waals surface area contributed by atoms with E-state index in [9.17, 15) is 0 Å². The average molecular weight is 270 g/mol. The molecule has 2 rings (SSSR count). The number of hydrogen-bond donors (Lipinski definition) is 1. The van der Waals surface area contributed by atoms with Gasteiger partial charge in [-0.2, -0.15) is 5.26 Å². The first-order valence-corrected chi connectivity index (χ1v) is 6.51. The molecule has 0 bridgehead atoms. The van der Waals surface area contributed by atoms with Crippen LogP contribution < -0.4 is 5.32 Å². The molecule has 0 fully saturated rings. The highest BCUT2D eigenvalue weighted by atomic mass is 16.5. The molecular weight excluding hydrogens is 252 g/mol. The summed E-state index contributed by atoms with van der Waals surface area (Å²) in [7, 11) is 1.69. The fourth-order valence-electron chi connectivity index (χ4n) is 1.87. The highest BCUT2D eigenvalue weighted by molar-refractivity contribution is 5.31. The van der Waals surface area contributed by atoms with Crippen molar-refractivity contribution in [1.29, 1.82) is 5.26 Å². The maximum atomic E-state index is 8.76. The summed E-state index contributed by atoms with van der Waals surface area (Å²) in [5.74, 6) is 0. The standard InChI is InChI=1S/C15H18N4O/c1-20-7-6-17-9-15-11-19(12-18-15)10-14-4-2-13(8-16)3-5-14/h2-5,11-12,17H,6-7,9-10H2,1H3.